The van der Waals surface area contributed by atoms with Gasteiger partial charge in [-0.1, -0.05) is 41.3 Å². The van der Waals surface area contributed by atoms with Crippen molar-refractivity contribution in [3.63, 3.8) is 0 Å². The van der Waals surface area contributed by atoms with E-state index in [2.05, 4.69) is 21.5 Å². The second kappa shape index (κ2) is 4.98. The fraction of sp³-hybridized carbons (Fsp3) is 0.111. The van der Waals surface area contributed by atoms with Gasteiger partial charge in [-0.3, -0.25) is 9.38 Å². The molecule has 4 aromatic rings. The maximum absolute atomic E-state index is 6.12. The van der Waals surface area contributed by atoms with Crippen molar-refractivity contribution in [1.82, 2.24) is 14.4 Å². The Morgan fingerprint density at radius 2 is 2.00 bits per heavy atom. The second-order valence-corrected chi connectivity index (χ2v) is 5.63. The molecule has 5 heteroatoms. The van der Waals surface area contributed by atoms with E-state index < -0.39 is 0 Å². The minimum atomic E-state index is 0.621. The molecule has 0 aliphatic rings. The molecule has 0 aliphatic carbocycles. The van der Waals surface area contributed by atoms with Gasteiger partial charge in [0, 0.05) is 22.7 Å². The van der Waals surface area contributed by atoms with Crippen LogP contribution in [-0.4, -0.2) is 30.1 Å². The van der Waals surface area contributed by atoms with Crippen LogP contribution >= 0.6 is 0 Å². The Balaban J connectivity index is 2.34. The highest BCUT2D eigenvalue weighted by Gasteiger charge is 2.16. The molecule has 0 bridgehead atoms. The van der Waals surface area contributed by atoms with E-state index in [4.69, 9.17) is 20.7 Å². The Bertz CT molecular complexity index is 1110. The van der Waals surface area contributed by atoms with E-state index in [1.165, 1.54) is 0 Å². The largest absolute Gasteiger partial charge is 0.296 e. The van der Waals surface area contributed by atoms with Gasteiger partial charge >= 0.3 is 0 Å². The van der Waals surface area contributed by atoms with Crippen molar-refractivity contribution in [1.29, 1.82) is 0 Å². The average molecular weight is 293 g/mol. The maximum atomic E-state index is 6.12. The zero-order valence-corrected chi connectivity index (χ0v) is 13.0. The first-order chi connectivity index (χ1) is 11.1. The first-order valence-electron chi connectivity index (χ1n) is 7.49. The molecule has 3 aromatic heterocycles. The predicted molar refractivity (Wildman–Crippen MR) is 97.5 cm³/mol. The summed E-state index contributed by atoms with van der Waals surface area (Å²) in [5.74, 6) is 0. The number of hydrogen-bond donors (Lipinski definition) is 0. The summed E-state index contributed by atoms with van der Waals surface area (Å²) in [6.45, 7) is 3.94. The SMILES string of the molecule is [B]/C(=C/C)c1nc2c3cc([B])cnc3c3ccccc3n2c1C. The van der Waals surface area contributed by atoms with E-state index in [0.717, 1.165) is 38.8 Å². The third kappa shape index (κ3) is 1.93. The number of fused-ring (bicyclic) bond motifs is 6. The number of allylic oxidation sites excluding steroid dienone is 1. The molecule has 0 saturated heterocycles. The number of benzene rings is 1. The van der Waals surface area contributed by atoms with Crippen LogP contribution in [0.3, 0.4) is 0 Å². The van der Waals surface area contributed by atoms with Gasteiger partial charge in [0.05, 0.1) is 16.7 Å². The Labute approximate surface area is 136 Å². The van der Waals surface area contributed by atoms with Crippen LogP contribution in [0.15, 0.2) is 42.6 Å². The molecule has 0 unspecified atom stereocenters. The Kier molecular flexibility index (Phi) is 3.05. The molecule has 0 spiro atoms. The lowest BCUT2D eigenvalue weighted by atomic mass is 9.91. The average Bonchev–Trinajstić information content (AvgIpc) is 2.92. The highest BCUT2D eigenvalue weighted by atomic mass is 15.0. The lowest BCUT2D eigenvalue weighted by Crippen LogP contribution is -2.04. The van der Waals surface area contributed by atoms with Gasteiger partial charge in [0.15, 0.2) is 0 Å². The number of nitrogens with zero attached hydrogens (tertiary/aromatic N) is 3. The van der Waals surface area contributed by atoms with E-state index in [1.807, 2.05) is 38.1 Å². The standard InChI is InChI=1S/C18H13B2N3/c1-3-14(20)16-10(2)23-15-7-5-4-6-12(15)17-13(18(23)22-16)8-11(19)9-21-17/h3-9H,1-2H3/b14-3+. The summed E-state index contributed by atoms with van der Waals surface area (Å²) in [7, 11) is 12.1. The number of aryl methyl sites for hydroxylation is 1. The Morgan fingerprint density at radius 3 is 2.78 bits per heavy atom. The fourth-order valence-electron chi connectivity index (χ4n) is 3.12. The number of imidazole rings is 1. The molecule has 3 heterocycles. The molecule has 4 radical (unpaired) electrons. The molecule has 106 valence electrons. The molecule has 1 aromatic carbocycles. The molecule has 0 aliphatic heterocycles. The summed E-state index contributed by atoms with van der Waals surface area (Å²) in [5, 5.41) is 2.00. The lowest BCUT2D eigenvalue weighted by molar-refractivity contribution is 1.16. The zero-order valence-electron chi connectivity index (χ0n) is 13.0. The lowest BCUT2D eigenvalue weighted by Gasteiger charge is -2.09. The van der Waals surface area contributed by atoms with Gasteiger partial charge in [0.1, 0.15) is 21.3 Å². The first-order valence-corrected chi connectivity index (χ1v) is 7.49. The molecular formula is C18H13B2N3. The van der Waals surface area contributed by atoms with Crippen LogP contribution < -0.4 is 5.46 Å². The van der Waals surface area contributed by atoms with Crippen molar-refractivity contribution in [3.05, 3.63) is 54.0 Å². The molecule has 0 N–H and O–H groups in total. The van der Waals surface area contributed by atoms with Crippen molar-refractivity contribution < 1.29 is 0 Å². The summed E-state index contributed by atoms with van der Waals surface area (Å²) < 4.78 is 2.13. The van der Waals surface area contributed by atoms with Crippen LogP contribution in [-0.2, 0) is 0 Å². The quantitative estimate of drug-likeness (QED) is 0.399. The zero-order chi connectivity index (χ0) is 16.1. The summed E-state index contributed by atoms with van der Waals surface area (Å²) in [6.07, 6.45) is 3.55. The molecule has 23 heavy (non-hydrogen) atoms. The van der Waals surface area contributed by atoms with Crippen LogP contribution in [0, 0.1) is 6.92 Å². The van der Waals surface area contributed by atoms with Crippen LogP contribution in [0.5, 0.6) is 0 Å². The van der Waals surface area contributed by atoms with E-state index in [1.54, 1.807) is 6.20 Å². The van der Waals surface area contributed by atoms with Crippen molar-refractivity contribution >= 4 is 54.1 Å². The molecular weight excluding hydrogens is 280 g/mol. The van der Waals surface area contributed by atoms with Gasteiger partial charge in [-0.2, -0.15) is 0 Å². The van der Waals surface area contributed by atoms with Crippen molar-refractivity contribution in [2.75, 3.05) is 0 Å². The Morgan fingerprint density at radius 1 is 1.22 bits per heavy atom. The number of pyridine rings is 2. The Hall–Kier alpha value is -2.55. The highest BCUT2D eigenvalue weighted by Crippen LogP contribution is 2.30. The molecule has 0 fully saturated rings. The third-order valence-electron chi connectivity index (χ3n) is 4.24. The van der Waals surface area contributed by atoms with Crippen molar-refractivity contribution in [3.8, 4) is 0 Å². The van der Waals surface area contributed by atoms with Gasteiger partial charge in [0.2, 0.25) is 0 Å². The van der Waals surface area contributed by atoms with Crippen LogP contribution in [0.1, 0.15) is 18.3 Å². The van der Waals surface area contributed by atoms with Crippen LogP contribution in [0.25, 0.3) is 32.9 Å². The number of hydrogen-bond acceptors (Lipinski definition) is 2. The normalized spacial score (nSPS) is 12.5. The van der Waals surface area contributed by atoms with E-state index >= 15 is 0 Å². The first kappa shape index (κ1) is 14.1. The van der Waals surface area contributed by atoms with Crippen LogP contribution in [0.4, 0.5) is 0 Å². The summed E-state index contributed by atoms with van der Waals surface area (Å²) in [6, 6.07) is 10.1. The van der Waals surface area contributed by atoms with Crippen molar-refractivity contribution in [2.24, 2.45) is 0 Å². The van der Waals surface area contributed by atoms with E-state index in [0.29, 0.717) is 10.9 Å². The summed E-state index contributed by atoms with van der Waals surface area (Å²) >= 11 is 0. The molecule has 0 saturated carbocycles. The predicted octanol–water partition coefficient (Wildman–Crippen LogP) is 2.67. The molecule has 3 nitrogen and oxygen atoms in total. The number of rotatable bonds is 1. The summed E-state index contributed by atoms with van der Waals surface area (Å²) in [5.41, 5.74) is 5.89. The van der Waals surface area contributed by atoms with E-state index in [-0.39, 0.29) is 0 Å². The minimum Gasteiger partial charge on any atom is -0.296 e. The smallest absolute Gasteiger partial charge is 0.147 e. The molecule has 4 rings (SSSR count). The number of para-hydroxylation sites is 1. The highest BCUT2D eigenvalue weighted by molar-refractivity contribution is 6.42. The monoisotopic (exact) mass is 293 g/mol. The topological polar surface area (TPSA) is 30.2 Å². The van der Waals surface area contributed by atoms with Gasteiger partial charge in [-0.25, -0.2) is 4.98 Å². The van der Waals surface area contributed by atoms with Crippen LogP contribution in [0.2, 0.25) is 0 Å². The fourth-order valence-corrected chi connectivity index (χ4v) is 3.12. The van der Waals surface area contributed by atoms with Gasteiger partial charge in [-0.05, 0) is 19.9 Å². The number of aromatic nitrogens is 3. The van der Waals surface area contributed by atoms with Gasteiger partial charge < -0.3 is 0 Å². The van der Waals surface area contributed by atoms with E-state index in [9.17, 15) is 0 Å². The van der Waals surface area contributed by atoms with Crippen molar-refractivity contribution in [2.45, 2.75) is 13.8 Å². The second-order valence-electron chi connectivity index (χ2n) is 5.63. The van der Waals surface area contributed by atoms with Gasteiger partial charge in [0.25, 0.3) is 0 Å². The minimum absolute atomic E-state index is 0.621. The van der Waals surface area contributed by atoms with Gasteiger partial charge in [-0.15, -0.1) is 0 Å². The third-order valence-corrected chi connectivity index (χ3v) is 4.24. The molecule has 0 atom stereocenters. The summed E-state index contributed by atoms with van der Waals surface area (Å²) in [4.78, 5) is 9.32. The molecule has 0 amide bonds. The maximum Gasteiger partial charge on any atom is 0.147 e.